The molecule has 300 valence electrons. The average Bonchev–Trinajstić information content (AvgIpc) is 3.97. The molecule has 5 heterocycles. The second kappa shape index (κ2) is 14.5. The van der Waals surface area contributed by atoms with Gasteiger partial charge in [-0.1, -0.05) is 18.4 Å². The van der Waals surface area contributed by atoms with E-state index < -0.39 is 17.2 Å². The highest BCUT2D eigenvalue weighted by Crippen LogP contribution is 2.49. The van der Waals surface area contributed by atoms with E-state index in [1.807, 2.05) is 4.90 Å². The molecule has 2 N–H and O–H groups in total. The largest absolute Gasteiger partial charge is 0.508 e. The highest BCUT2D eigenvalue weighted by atomic mass is 19.1. The van der Waals surface area contributed by atoms with E-state index in [1.165, 1.54) is 31.4 Å². The van der Waals surface area contributed by atoms with E-state index in [-0.39, 0.29) is 87.7 Å². The Hall–Kier alpha value is -4.84. The molecule has 5 fully saturated rings. The lowest BCUT2D eigenvalue weighted by atomic mass is 9.75. The van der Waals surface area contributed by atoms with Crippen LogP contribution in [-0.2, 0) is 9.53 Å². The molecule has 0 bridgehead atoms. The molecule has 0 radical (unpaired) electrons. The first-order valence-corrected chi connectivity index (χ1v) is 20.1. The molecular formula is C43H48F2N6O6. The number of terminal acetylenes is 1. The summed E-state index contributed by atoms with van der Waals surface area (Å²) in [6, 6.07) is 5.64. The third-order valence-corrected chi connectivity index (χ3v) is 12.7. The molecule has 3 saturated heterocycles. The van der Waals surface area contributed by atoms with Crippen LogP contribution in [0.2, 0.25) is 0 Å². The van der Waals surface area contributed by atoms with Gasteiger partial charge in [-0.15, -0.1) is 6.42 Å². The number of phenols is 1. The third-order valence-electron chi connectivity index (χ3n) is 12.7. The first kappa shape index (κ1) is 37.7. The Bertz CT molecular complexity index is 2290. The quantitative estimate of drug-likeness (QED) is 0.215. The molecular weight excluding hydrogens is 735 g/mol. The van der Waals surface area contributed by atoms with Crippen molar-refractivity contribution in [1.29, 1.82) is 0 Å². The van der Waals surface area contributed by atoms with E-state index in [4.69, 9.17) is 30.6 Å². The van der Waals surface area contributed by atoms with Gasteiger partial charge in [-0.2, -0.15) is 9.97 Å². The summed E-state index contributed by atoms with van der Waals surface area (Å²) < 4.78 is 50.6. The van der Waals surface area contributed by atoms with Crippen molar-refractivity contribution >= 4 is 33.4 Å². The van der Waals surface area contributed by atoms with Crippen LogP contribution >= 0.6 is 0 Å². The monoisotopic (exact) mass is 782 g/mol. The van der Waals surface area contributed by atoms with Crippen molar-refractivity contribution in [2.45, 2.75) is 63.5 Å². The van der Waals surface area contributed by atoms with Crippen LogP contribution in [0.1, 0.15) is 57.4 Å². The second-order valence-electron chi connectivity index (χ2n) is 17.0. The van der Waals surface area contributed by atoms with Crippen LogP contribution < -0.4 is 14.4 Å². The van der Waals surface area contributed by atoms with Crippen LogP contribution in [0.15, 0.2) is 24.3 Å². The van der Waals surface area contributed by atoms with E-state index in [2.05, 4.69) is 15.8 Å². The van der Waals surface area contributed by atoms with Crippen LogP contribution in [-0.4, -0.2) is 119 Å². The highest BCUT2D eigenvalue weighted by Gasteiger charge is 2.50. The van der Waals surface area contributed by atoms with Crippen molar-refractivity contribution in [1.82, 2.24) is 24.8 Å². The van der Waals surface area contributed by atoms with Crippen molar-refractivity contribution in [3.8, 4) is 41.2 Å². The number of hydrogen-bond donors (Lipinski definition) is 2. The Kier molecular flexibility index (Phi) is 9.61. The number of rotatable bonds is 9. The predicted molar refractivity (Wildman–Crippen MR) is 209 cm³/mol. The van der Waals surface area contributed by atoms with Gasteiger partial charge >= 0.3 is 6.01 Å². The number of fused-ring (bicyclic) bond motifs is 3. The normalized spacial score (nSPS) is 25.6. The van der Waals surface area contributed by atoms with Gasteiger partial charge in [-0.25, -0.2) is 13.8 Å². The molecule has 4 aromatic rings. The van der Waals surface area contributed by atoms with E-state index in [9.17, 15) is 15.0 Å². The maximum absolute atomic E-state index is 17.4. The second-order valence-corrected chi connectivity index (χ2v) is 17.0. The van der Waals surface area contributed by atoms with Crippen molar-refractivity contribution < 1.29 is 38.0 Å². The lowest BCUT2D eigenvalue weighted by Crippen LogP contribution is -2.58. The Balaban J connectivity index is 1.10. The van der Waals surface area contributed by atoms with Gasteiger partial charge in [0.15, 0.2) is 5.82 Å². The minimum Gasteiger partial charge on any atom is -0.508 e. The Morgan fingerprint density at radius 3 is 2.67 bits per heavy atom. The highest BCUT2D eigenvalue weighted by molar-refractivity contribution is 6.04. The summed E-state index contributed by atoms with van der Waals surface area (Å²) in [5, 5.41) is 22.7. The van der Waals surface area contributed by atoms with Crippen LogP contribution in [0.5, 0.6) is 17.6 Å². The summed E-state index contributed by atoms with van der Waals surface area (Å²) in [5.74, 6) is 1.90. The molecule has 12 nitrogen and oxygen atoms in total. The molecule has 14 heteroatoms. The zero-order valence-electron chi connectivity index (χ0n) is 32.4. The molecule has 2 saturated carbocycles. The fourth-order valence-electron chi connectivity index (χ4n) is 9.88. The SMILES string of the molecule is C#Cc1c(F)ccc2cc(O)cc(-c3nc(OC)c4c(N5CCOC[C@@](C)(O)C5)nc(OC[C@]56CCC[C@H]5N(CC5CN(C(=O)C7CC7)C5)CCC6)nc4c3F)c12. The summed E-state index contributed by atoms with van der Waals surface area (Å²) >= 11 is 0. The van der Waals surface area contributed by atoms with Crippen LogP contribution in [0, 0.1) is 41.2 Å². The lowest BCUT2D eigenvalue weighted by Gasteiger charge is -2.49. The maximum Gasteiger partial charge on any atom is 0.319 e. The Morgan fingerprint density at radius 2 is 1.89 bits per heavy atom. The Labute approximate surface area is 330 Å². The van der Waals surface area contributed by atoms with E-state index in [0.29, 0.717) is 36.4 Å². The minimum absolute atomic E-state index is 0.0197. The summed E-state index contributed by atoms with van der Waals surface area (Å²) in [5.41, 5.74) is -1.86. The number of ether oxygens (including phenoxy) is 3. The molecule has 5 aliphatic rings. The van der Waals surface area contributed by atoms with Crippen molar-refractivity contribution in [2.75, 3.05) is 71.1 Å². The number of anilines is 1. The summed E-state index contributed by atoms with van der Waals surface area (Å²) in [6.07, 6.45) is 12.9. The summed E-state index contributed by atoms with van der Waals surface area (Å²) in [7, 11) is 1.40. The molecule has 2 aromatic heterocycles. The number of halogens is 2. The lowest BCUT2D eigenvalue weighted by molar-refractivity contribution is -0.140. The average molecular weight is 783 g/mol. The van der Waals surface area contributed by atoms with E-state index in [0.717, 1.165) is 71.1 Å². The molecule has 0 spiro atoms. The number of amides is 1. The van der Waals surface area contributed by atoms with Gasteiger partial charge in [0.2, 0.25) is 11.8 Å². The Morgan fingerprint density at radius 1 is 1.09 bits per heavy atom. The minimum atomic E-state index is -1.26. The maximum atomic E-state index is 17.4. The number of aliphatic hydroxyl groups is 1. The molecule has 0 unspecified atom stereocenters. The molecule has 9 rings (SSSR count). The molecule has 3 aliphatic heterocycles. The number of phenolic OH excluding ortho intramolecular Hbond substituents is 1. The smallest absolute Gasteiger partial charge is 0.319 e. The van der Waals surface area contributed by atoms with Crippen LogP contribution in [0.3, 0.4) is 0 Å². The number of piperidine rings is 1. The number of pyridine rings is 1. The zero-order chi connectivity index (χ0) is 39.6. The first-order valence-electron chi connectivity index (χ1n) is 20.1. The number of carbonyl (C=O) groups excluding carboxylic acids is 1. The van der Waals surface area contributed by atoms with Crippen molar-refractivity contribution in [3.05, 3.63) is 41.5 Å². The van der Waals surface area contributed by atoms with Gasteiger partial charge in [0.05, 0.1) is 39.0 Å². The van der Waals surface area contributed by atoms with Crippen molar-refractivity contribution in [2.24, 2.45) is 17.3 Å². The number of hydrogen-bond acceptors (Lipinski definition) is 11. The molecule has 2 aliphatic carbocycles. The van der Waals surface area contributed by atoms with Crippen LogP contribution in [0.25, 0.3) is 32.9 Å². The molecule has 2 aromatic carbocycles. The van der Waals surface area contributed by atoms with Gasteiger partial charge in [0, 0.05) is 60.4 Å². The number of aromatic hydroxyl groups is 1. The van der Waals surface area contributed by atoms with Gasteiger partial charge in [0.25, 0.3) is 0 Å². The number of benzene rings is 2. The third kappa shape index (κ3) is 6.87. The van der Waals surface area contributed by atoms with E-state index in [1.54, 1.807) is 11.8 Å². The topological polar surface area (TPSA) is 134 Å². The van der Waals surface area contributed by atoms with Crippen molar-refractivity contribution in [3.63, 3.8) is 0 Å². The number of β-amino-alcohol motifs (C(OH)–C–C–N with tert-alkyl or cyclic N) is 1. The zero-order valence-corrected chi connectivity index (χ0v) is 32.4. The summed E-state index contributed by atoms with van der Waals surface area (Å²) in [4.78, 5) is 33.2. The number of methoxy groups -OCH3 is 1. The van der Waals surface area contributed by atoms with Gasteiger partial charge in [-0.05, 0) is 75.6 Å². The van der Waals surface area contributed by atoms with Gasteiger partial charge in [0.1, 0.15) is 39.6 Å². The molecule has 3 atom stereocenters. The molecule has 1 amide bonds. The fraction of sp³-hybridized carbons (Fsp3) is 0.535. The standard InChI is InChI=1S/C43H48F2N6O6/c1-4-29-31(44)11-10-27-17-28(52)18-30(33(27)29)36-35(45)37-34(39(46-36)55-3)38(50-15-16-56-23-42(2,54)22-50)48-41(47-37)57-24-43-12-5-7-32(43)49(14-6-13-43)19-25-20-51(21-25)40(53)26-8-9-26/h1,10-11,17-18,25-26,32,52,54H,5-9,12-16,19-24H2,2-3H3/t32-,42+,43-/m1/s1. The van der Waals surface area contributed by atoms with Gasteiger partial charge < -0.3 is 34.2 Å². The number of nitrogens with zero attached hydrogens (tertiary/aromatic N) is 6. The first-order chi connectivity index (χ1) is 27.5. The fourth-order valence-corrected chi connectivity index (χ4v) is 9.88. The number of aromatic nitrogens is 3. The summed E-state index contributed by atoms with van der Waals surface area (Å²) in [6.45, 7) is 6.40. The van der Waals surface area contributed by atoms with Gasteiger partial charge in [-0.3, -0.25) is 9.69 Å². The number of carbonyl (C=O) groups is 1. The van der Waals surface area contributed by atoms with Crippen LogP contribution in [0.4, 0.5) is 14.6 Å². The van der Waals surface area contributed by atoms with E-state index >= 15 is 8.78 Å². The predicted octanol–water partition coefficient (Wildman–Crippen LogP) is 5.29. The number of likely N-dealkylation sites (tertiary alicyclic amines) is 2. The molecule has 57 heavy (non-hydrogen) atoms.